The highest BCUT2D eigenvalue weighted by Crippen LogP contribution is 2.71. The normalized spacial score (nSPS) is 58.7. The molecular weight excluding hydrogens is 304 g/mol. The van der Waals surface area contributed by atoms with Gasteiger partial charge in [0.15, 0.2) is 5.78 Å². The molecule has 8 atom stereocenters. The van der Waals surface area contributed by atoms with Crippen molar-refractivity contribution >= 4 is 11.8 Å². The standard InChI is InChI=1S/C20H28O4/c1-11-18(2)7-5-13-12(14(18)10-16(22)23-11)4-9-20-17(24-20)15(21)6-8-19(13,20)3/h11-14,17H,4-10H2,1-3H3/t11-,12+,13-,14-,17+,18+,19+,20+/m0/s1. The molecule has 2 heterocycles. The summed E-state index contributed by atoms with van der Waals surface area (Å²) in [5, 5.41) is 0. The first-order valence-electron chi connectivity index (χ1n) is 9.72. The van der Waals surface area contributed by atoms with Crippen LogP contribution in [0.2, 0.25) is 0 Å². The second-order valence-electron chi connectivity index (χ2n) is 9.57. The molecule has 2 aliphatic heterocycles. The van der Waals surface area contributed by atoms with Crippen LogP contribution in [0.1, 0.15) is 65.7 Å². The third kappa shape index (κ3) is 1.60. The van der Waals surface area contributed by atoms with E-state index in [4.69, 9.17) is 9.47 Å². The maximum absolute atomic E-state index is 12.2. The van der Waals surface area contributed by atoms with E-state index in [9.17, 15) is 9.59 Å². The minimum Gasteiger partial charge on any atom is -0.462 e. The van der Waals surface area contributed by atoms with Crippen molar-refractivity contribution in [1.82, 2.24) is 0 Å². The summed E-state index contributed by atoms with van der Waals surface area (Å²) in [6.45, 7) is 6.79. The van der Waals surface area contributed by atoms with Crippen molar-refractivity contribution in [3.05, 3.63) is 0 Å². The Morgan fingerprint density at radius 2 is 1.83 bits per heavy atom. The number of esters is 1. The van der Waals surface area contributed by atoms with Crippen LogP contribution in [-0.4, -0.2) is 29.6 Å². The third-order valence-corrected chi connectivity index (χ3v) is 9.01. The first-order valence-corrected chi connectivity index (χ1v) is 9.72. The van der Waals surface area contributed by atoms with Gasteiger partial charge in [-0.15, -0.1) is 0 Å². The lowest BCUT2D eigenvalue weighted by Gasteiger charge is -2.61. The highest BCUT2D eigenvalue weighted by atomic mass is 16.6. The summed E-state index contributed by atoms with van der Waals surface area (Å²) < 4.78 is 11.7. The van der Waals surface area contributed by atoms with Crippen molar-refractivity contribution in [2.24, 2.45) is 28.6 Å². The molecule has 0 unspecified atom stereocenters. The Kier molecular flexibility index (Phi) is 2.84. The minimum atomic E-state index is -0.169. The average Bonchev–Trinajstić information content (AvgIpc) is 3.27. The molecule has 0 bridgehead atoms. The van der Waals surface area contributed by atoms with Gasteiger partial charge in [0.1, 0.15) is 17.8 Å². The summed E-state index contributed by atoms with van der Waals surface area (Å²) in [4.78, 5) is 24.3. The topological polar surface area (TPSA) is 55.9 Å². The van der Waals surface area contributed by atoms with E-state index in [1.165, 1.54) is 6.42 Å². The zero-order valence-electron chi connectivity index (χ0n) is 15.0. The van der Waals surface area contributed by atoms with Gasteiger partial charge < -0.3 is 9.47 Å². The van der Waals surface area contributed by atoms with Crippen molar-refractivity contribution in [3.8, 4) is 0 Å². The van der Waals surface area contributed by atoms with Crippen molar-refractivity contribution in [2.75, 3.05) is 0 Å². The number of fused-ring (bicyclic) bond motifs is 4. The maximum Gasteiger partial charge on any atom is 0.306 e. The van der Waals surface area contributed by atoms with Gasteiger partial charge in [-0.3, -0.25) is 9.59 Å². The molecule has 5 rings (SSSR count). The Morgan fingerprint density at radius 3 is 2.62 bits per heavy atom. The SMILES string of the molecule is C[C@@H]1OC(=O)C[C@H]2[C@@H]3CC[C@@]45O[C@@H]4C(=O)CC[C@]5(C)[C@H]3CC[C@]12C. The summed E-state index contributed by atoms with van der Waals surface area (Å²) >= 11 is 0. The molecule has 5 aliphatic rings. The smallest absolute Gasteiger partial charge is 0.306 e. The third-order valence-electron chi connectivity index (χ3n) is 9.01. The van der Waals surface area contributed by atoms with Gasteiger partial charge >= 0.3 is 5.97 Å². The fraction of sp³-hybridized carbons (Fsp3) is 0.900. The number of ether oxygens (including phenoxy) is 2. The van der Waals surface area contributed by atoms with Gasteiger partial charge in [-0.1, -0.05) is 13.8 Å². The average molecular weight is 332 g/mol. The van der Waals surface area contributed by atoms with Gasteiger partial charge in [-0.2, -0.15) is 0 Å². The van der Waals surface area contributed by atoms with Crippen molar-refractivity contribution in [1.29, 1.82) is 0 Å². The predicted octanol–water partition coefficient (Wildman–Crippen LogP) is 3.27. The second-order valence-corrected chi connectivity index (χ2v) is 9.57. The van der Waals surface area contributed by atoms with E-state index in [0.717, 1.165) is 25.7 Å². The molecule has 5 fully saturated rings. The molecular formula is C20H28O4. The highest BCUT2D eigenvalue weighted by molar-refractivity contribution is 5.88. The Morgan fingerprint density at radius 1 is 1.04 bits per heavy atom. The molecule has 2 saturated heterocycles. The van der Waals surface area contributed by atoms with Crippen LogP contribution in [0.4, 0.5) is 0 Å². The molecule has 4 heteroatoms. The molecule has 1 spiro atoms. The van der Waals surface area contributed by atoms with Crippen LogP contribution in [0.5, 0.6) is 0 Å². The van der Waals surface area contributed by atoms with E-state index >= 15 is 0 Å². The maximum atomic E-state index is 12.2. The number of rotatable bonds is 0. The Balaban J connectivity index is 1.51. The lowest BCUT2D eigenvalue weighted by atomic mass is 9.43. The lowest BCUT2D eigenvalue weighted by molar-refractivity contribution is -0.197. The van der Waals surface area contributed by atoms with Crippen LogP contribution in [0, 0.1) is 28.6 Å². The van der Waals surface area contributed by atoms with E-state index in [-0.39, 0.29) is 34.6 Å². The quantitative estimate of drug-likeness (QED) is 0.505. The number of cyclic esters (lactones) is 1. The molecule has 0 radical (unpaired) electrons. The molecule has 0 aromatic heterocycles. The Bertz CT molecular complexity index is 629. The highest BCUT2D eigenvalue weighted by Gasteiger charge is 2.76. The van der Waals surface area contributed by atoms with E-state index in [1.54, 1.807) is 0 Å². The van der Waals surface area contributed by atoms with E-state index in [2.05, 4.69) is 20.8 Å². The van der Waals surface area contributed by atoms with Crippen LogP contribution < -0.4 is 0 Å². The minimum absolute atomic E-state index is 0.0181. The number of Topliss-reactive ketones (excluding diaryl/α,β-unsaturated/α-hetero) is 1. The van der Waals surface area contributed by atoms with Crippen molar-refractivity contribution in [2.45, 2.75) is 83.5 Å². The Labute approximate surface area is 143 Å². The first-order chi connectivity index (χ1) is 11.3. The van der Waals surface area contributed by atoms with Gasteiger partial charge in [0.2, 0.25) is 0 Å². The van der Waals surface area contributed by atoms with Gasteiger partial charge in [-0.05, 0) is 56.8 Å². The molecule has 3 aliphatic carbocycles. The van der Waals surface area contributed by atoms with Crippen LogP contribution >= 0.6 is 0 Å². The van der Waals surface area contributed by atoms with Gasteiger partial charge in [0.05, 0.1) is 0 Å². The van der Waals surface area contributed by atoms with Crippen LogP contribution in [-0.2, 0) is 19.1 Å². The first kappa shape index (κ1) is 15.4. The summed E-state index contributed by atoms with van der Waals surface area (Å²) in [6.07, 6.45) is 6.52. The van der Waals surface area contributed by atoms with Crippen molar-refractivity contribution < 1.29 is 19.1 Å². The van der Waals surface area contributed by atoms with Gasteiger partial charge in [0.25, 0.3) is 0 Å². The fourth-order valence-electron chi connectivity index (χ4n) is 7.30. The van der Waals surface area contributed by atoms with Gasteiger partial charge in [0, 0.05) is 23.7 Å². The number of epoxide rings is 1. The number of carbonyl (C=O) groups is 2. The number of ketones is 1. The zero-order valence-corrected chi connectivity index (χ0v) is 15.0. The molecule has 24 heavy (non-hydrogen) atoms. The van der Waals surface area contributed by atoms with E-state index in [1.807, 2.05) is 0 Å². The fourth-order valence-corrected chi connectivity index (χ4v) is 7.30. The number of hydrogen-bond donors (Lipinski definition) is 0. The van der Waals surface area contributed by atoms with E-state index in [0.29, 0.717) is 36.4 Å². The summed E-state index contributed by atoms with van der Waals surface area (Å²) in [5.41, 5.74) is 0.0582. The molecule has 3 saturated carbocycles. The summed E-state index contributed by atoms with van der Waals surface area (Å²) in [6, 6.07) is 0. The summed E-state index contributed by atoms with van der Waals surface area (Å²) in [7, 11) is 0. The second kappa shape index (κ2) is 4.44. The number of hydrogen-bond acceptors (Lipinski definition) is 4. The molecule has 0 N–H and O–H groups in total. The lowest BCUT2D eigenvalue weighted by Crippen LogP contribution is -2.61. The molecule has 0 aromatic rings. The van der Waals surface area contributed by atoms with Crippen LogP contribution in [0.25, 0.3) is 0 Å². The molecule has 0 amide bonds. The number of carbonyl (C=O) groups excluding carboxylic acids is 2. The van der Waals surface area contributed by atoms with Crippen LogP contribution in [0.15, 0.2) is 0 Å². The predicted molar refractivity (Wildman–Crippen MR) is 87.2 cm³/mol. The van der Waals surface area contributed by atoms with E-state index < -0.39 is 0 Å². The zero-order chi connectivity index (χ0) is 16.9. The Hall–Kier alpha value is -0.900. The van der Waals surface area contributed by atoms with Crippen LogP contribution in [0.3, 0.4) is 0 Å². The van der Waals surface area contributed by atoms with Gasteiger partial charge in [-0.25, -0.2) is 0 Å². The molecule has 0 aromatic carbocycles. The summed E-state index contributed by atoms with van der Waals surface area (Å²) in [5.74, 6) is 1.89. The molecule has 132 valence electrons. The van der Waals surface area contributed by atoms with Crippen molar-refractivity contribution in [3.63, 3.8) is 0 Å². The largest absolute Gasteiger partial charge is 0.462 e. The molecule has 4 nitrogen and oxygen atoms in total. The monoisotopic (exact) mass is 332 g/mol.